The Bertz CT molecular complexity index is 1960. The van der Waals surface area contributed by atoms with Gasteiger partial charge in [-0.15, -0.1) is 0 Å². The summed E-state index contributed by atoms with van der Waals surface area (Å²) >= 11 is 1.93. The number of rotatable bonds is 11. The number of carbonyl (C=O) groups is 9. The smallest absolute Gasteiger partial charge is 0.246 e. The SMILES string of the molecule is CNC(=O)[C@@H]1CCCN1C(=O)[C@@H]1CSSCCC(=O)N[C@@H](Cc2ccc(O)c(I)c2)C(=O)N[C@@H](Cc2ccccc2)C(=O)N[C@@H](CCC(N)=O)C(=O)N[C@@H](CC(N)=O)C(=O)N1. The molecule has 0 aromatic heterocycles. The van der Waals surface area contributed by atoms with E-state index in [1.54, 1.807) is 42.5 Å². The zero-order valence-corrected chi connectivity index (χ0v) is 37.1. The fourth-order valence-electron chi connectivity index (χ4n) is 6.66. The number of amides is 9. The van der Waals surface area contributed by atoms with Crippen molar-refractivity contribution >= 4 is 97.3 Å². The highest BCUT2D eigenvalue weighted by atomic mass is 127. The molecule has 4 rings (SSSR count). The lowest BCUT2D eigenvalue weighted by atomic mass is 10.0. The van der Waals surface area contributed by atoms with Gasteiger partial charge in [-0.3, -0.25) is 43.2 Å². The van der Waals surface area contributed by atoms with Gasteiger partial charge in [0.1, 0.15) is 42.0 Å². The molecule has 22 heteroatoms. The topological polar surface area (TPSA) is 301 Å². The maximum absolute atomic E-state index is 14.1. The Kier molecular flexibility index (Phi) is 18.9. The average Bonchev–Trinajstić information content (AvgIpc) is 3.71. The van der Waals surface area contributed by atoms with Gasteiger partial charge in [-0.05, 0) is 65.1 Å². The number of likely N-dealkylation sites (N-methyl/N-ethyl adjacent to an activating group) is 1. The van der Waals surface area contributed by atoms with Crippen molar-refractivity contribution in [2.24, 2.45) is 11.5 Å². The van der Waals surface area contributed by atoms with Crippen LogP contribution < -0.4 is 43.4 Å². The van der Waals surface area contributed by atoms with Crippen LogP contribution in [0.4, 0.5) is 0 Å². The first-order valence-corrected chi connectivity index (χ1v) is 23.0. The summed E-state index contributed by atoms with van der Waals surface area (Å²) in [4.78, 5) is 122. The molecule has 2 aromatic carbocycles. The Morgan fingerprint density at radius 1 is 0.803 bits per heavy atom. The summed E-state index contributed by atoms with van der Waals surface area (Å²) in [6.07, 6.45) is -0.736. The molecular weight excluding hydrogens is 946 g/mol. The van der Waals surface area contributed by atoms with E-state index in [1.807, 2.05) is 22.6 Å². The van der Waals surface area contributed by atoms with Crippen LogP contribution in [0.15, 0.2) is 48.5 Å². The minimum atomic E-state index is -1.66. The number of phenolic OH excluding ortho intramolecular Hbond substituents is 1. The fraction of sp³-hybridized carbons (Fsp3) is 0.462. The lowest BCUT2D eigenvalue weighted by molar-refractivity contribution is -0.141. The number of carbonyl (C=O) groups excluding carboxylic acids is 9. The third-order valence-electron chi connectivity index (χ3n) is 9.80. The molecule has 2 heterocycles. The van der Waals surface area contributed by atoms with Gasteiger partial charge in [-0.25, -0.2) is 0 Å². The van der Waals surface area contributed by atoms with Crippen LogP contribution in [0.2, 0.25) is 0 Å². The normalized spacial score (nSPS) is 23.6. The van der Waals surface area contributed by atoms with E-state index in [2.05, 4.69) is 31.9 Å². The van der Waals surface area contributed by atoms with Gasteiger partial charge in [0.15, 0.2) is 0 Å². The van der Waals surface area contributed by atoms with Crippen molar-refractivity contribution in [1.82, 2.24) is 36.8 Å². The second kappa shape index (κ2) is 23.8. The molecule has 61 heavy (non-hydrogen) atoms. The first-order valence-electron chi connectivity index (χ1n) is 19.4. The molecule has 9 amide bonds. The minimum Gasteiger partial charge on any atom is -0.507 e. The van der Waals surface area contributed by atoms with Crippen molar-refractivity contribution in [2.45, 2.75) is 87.6 Å². The number of halogens is 1. The third kappa shape index (κ3) is 15.1. The summed E-state index contributed by atoms with van der Waals surface area (Å²) in [6.45, 7) is 0.229. The van der Waals surface area contributed by atoms with Crippen LogP contribution in [0.5, 0.6) is 5.75 Å². The summed E-state index contributed by atoms with van der Waals surface area (Å²) in [5.41, 5.74) is 12.1. The number of benzene rings is 2. The number of aromatic hydroxyl groups is 1. The molecule has 0 radical (unpaired) electrons. The zero-order valence-electron chi connectivity index (χ0n) is 33.3. The second-order valence-corrected chi connectivity index (χ2v) is 18.2. The van der Waals surface area contributed by atoms with E-state index < -0.39 is 102 Å². The van der Waals surface area contributed by atoms with Gasteiger partial charge in [-0.2, -0.15) is 0 Å². The predicted molar refractivity (Wildman–Crippen MR) is 235 cm³/mol. The number of primary amides is 2. The maximum atomic E-state index is 14.1. The number of nitrogens with zero attached hydrogens (tertiary/aromatic N) is 1. The minimum absolute atomic E-state index is 0.0225. The largest absolute Gasteiger partial charge is 0.507 e. The molecule has 2 aliphatic rings. The van der Waals surface area contributed by atoms with Crippen LogP contribution in [0.3, 0.4) is 0 Å². The van der Waals surface area contributed by atoms with Crippen LogP contribution in [-0.4, -0.2) is 125 Å². The van der Waals surface area contributed by atoms with Crippen LogP contribution in [0, 0.1) is 3.57 Å². The highest BCUT2D eigenvalue weighted by Crippen LogP contribution is 2.26. The Morgan fingerprint density at radius 3 is 2.08 bits per heavy atom. The van der Waals surface area contributed by atoms with E-state index in [1.165, 1.54) is 28.8 Å². The molecular formula is C39H50IN9O10S2. The maximum Gasteiger partial charge on any atom is 0.246 e. The summed E-state index contributed by atoms with van der Waals surface area (Å²) in [5.74, 6) is -6.71. The standard InChI is InChI=1S/C39H50IN9O10S2/c1-43-38(58)29-8-5-14-49(29)39(59)28-20-61-60-15-13-33(53)44-25(18-22-9-11-30(50)23(40)16-22)35(55)46-26(17-21-6-3-2-4-7-21)36(56)45-24(10-12-31(41)51)34(54)47-27(19-32(42)52)37(57)48-28/h2-4,6-7,9,11,16,24-29,50H,5,8,10,12-15,17-20H2,1H3,(H2,41,51)(H2,42,52)(H,43,58)(H,44,53)(H,45,56)(H,46,55)(H,47,54)(H,48,57)/t24-,25-,26-,27-,28-,29-/m0/s1. The lowest BCUT2D eigenvalue weighted by Gasteiger charge is -2.30. The van der Waals surface area contributed by atoms with Crippen LogP contribution in [0.1, 0.15) is 49.7 Å². The molecule has 330 valence electrons. The van der Waals surface area contributed by atoms with Crippen molar-refractivity contribution in [3.05, 3.63) is 63.2 Å². The fourth-order valence-corrected chi connectivity index (χ4v) is 9.38. The Hall–Kier alpha value is -5.10. The van der Waals surface area contributed by atoms with Crippen molar-refractivity contribution in [2.75, 3.05) is 25.1 Å². The first-order chi connectivity index (χ1) is 29.1. The molecule has 2 aromatic rings. The molecule has 0 spiro atoms. The summed E-state index contributed by atoms with van der Waals surface area (Å²) in [6, 6.07) is 5.51. The van der Waals surface area contributed by atoms with E-state index in [4.69, 9.17) is 11.5 Å². The Balaban J connectivity index is 1.72. The van der Waals surface area contributed by atoms with Gasteiger partial charge in [0.2, 0.25) is 53.2 Å². The molecule has 0 aliphatic carbocycles. The number of phenols is 1. The Morgan fingerprint density at radius 2 is 1.43 bits per heavy atom. The van der Waals surface area contributed by atoms with Crippen molar-refractivity contribution < 1.29 is 48.3 Å². The highest BCUT2D eigenvalue weighted by Gasteiger charge is 2.39. The molecule has 11 N–H and O–H groups in total. The summed E-state index contributed by atoms with van der Waals surface area (Å²) < 4.78 is 0.503. The lowest BCUT2D eigenvalue weighted by Crippen LogP contribution is -2.60. The third-order valence-corrected chi connectivity index (χ3v) is 13.1. The van der Waals surface area contributed by atoms with Gasteiger partial charge in [0, 0.05) is 50.8 Å². The average molecular weight is 996 g/mol. The molecule has 0 bridgehead atoms. The Labute approximate surface area is 373 Å². The van der Waals surface area contributed by atoms with E-state index >= 15 is 0 Å². The summed E-state index contributed by atoms with van der Waals surface area (Å²) in [5, 5.41) is 25.7. The molecule has 19 nitrogen and oxygen atoms in total. The van der Waals surface area contributed by atoms with Gasteiger partial charge >= 0.3 is 0 Å². The van der Waals surface area contributed by atoms with Crippen molar-refractivity contribution in [3.8, 4) is 5.75 Å². The first kappa shape index (κ1) is 48.6. The van der Waals surface area contributed by atoms with Gasteiger partial charge in [-0.1, -0.05) is 58.0 Å². The molecule has 2 saturated heterocycles. The van der Waals surface area contributed by atoms with Crippen LogP contribution in [0.25, 0.3) is 0 Å². The quantitative estimate of drug-likeness (QED) is 0.0955. The molecule has 0 saturated carbocycles. The van der Waals surface area contributed by atoms with E-state index in [0.29, 0.717) is 27.5 Å². The zero-order chi connectivity index (χ0) is 44.6. The number of nitrogens with one attached hydrogen (secondary N) is 6. The number of nitrogens with two attached hydrogens (primary N) is 2. The number of hydrogen-bond donors (Lipinski definition) is 9. The van der Waals surface area contributed by atoms with E-state index in [9.17, 15) is 48.3 Å². The molecule has 2 fully saturated rings. The van der Waals surface area contributed by atoms with Crippen molar-refractivity contribution in [1.29, 1.82) is 0 Å². The predicted octanol–water partition coefficient (Wildman–Crippen LogP) is -1.13. The van der Waals surface area contributed by atoms with Gasteiger partial charge in [0.25, 0.3) is 0 Å². The van der Waals surface area contributed by atoms with Gasteiger partial charge < -0.3 is 53.4 Å². The number of likely N-dealkylation sites (tertiary alicyclic amines) is 1. The van der Waals surface area contributed by atoms with E-state index in [-0.39, 0.29) is 49.5 Å². The van der Waals surface area contributed by atoms with Gasteiger partial charge in [0.05, 0.1) is 9.99 Å². The van der Waals surface area contributed by atoms with Crippen LogP contribution in [-0.2, 0) is 56.0 Å². The van der Waals surface area contributed by atoms with E-state index in [0.717, 1.165) is 10.8 Å². The molecule has 0 unspecified atom stereocenters. The summed E-state index contributed by atoms with van der Waals surface area (Å²) in [7, 11) is 3.80. The van der Waals surface area contributed by atoms with Crippen LogP contribution >= 0.6 is 44.2 Å². The number of hydrogen-bond acceptors (Lipinski definition) is 12. The highest BCUT2D eigenvalue weighted by molar-refractivity contribution is 14.1. The second-order valence-electron chi connectivity index (χ2n) is 14.4. The molecule has 6 atom stereocenters. The monoisotopic (exact) mass is 995 g/mol. The molecule has 2 aliphatic heterocycles. The van der Waals surface area contributed by atoms with Crippen molar-refractivity contribution in [3.63, 3.8) is 0 Å².